The van der Waals surface area contributed by atoms with Crippen LogP contribution in [0.3, 0.4) is 0 Å². The van der Waals surface area contributed by atoms with Crippen molar-refractivity contribution in [3.8, 4) is 5.69 Å². The lowest BCUT2D eigenvalue weighted by atomic mass is 10.1. The molecule has 53 heavy (non-hydrogen) atoms. The minimum absolute atomic E-state index is 0.00628. The van der Waals surface area contributed by atoms with Gasteiger partial charge in [-0.3, -0.25) is 19.0 Å². The highest BCUT2D eigenvalue weighted by molar-refractivity contribution is 6.38. The number of unbranched alkanes of at least 4 members (excludes halogenated alkanes) is 9. The van der Waals surface area contributed by atoms with Crippen molar-refractivity contribution in [3.63, 3.8) is 0 Å². The van der Waals surface area contributed by atoms with E-state index in [1.807, 2.05) is 0 Å². The van der Waals surface area contributed by atoms with Gasteiger partial charge in [0.1, 0.15) is 5.82 Å². The van der Waals surface area contributed by atoms with Crippen LogP contribution in [0, 0.1) is 0 Å². The van der Waals surface area contributed by atoms with Crippen molar-refractivity contribution in [2.24, 2.45) is 0 Å². The van der Waals surface area contributed by atoms with Gasteiger partial charge >= 0.3 is 12.1 Å². The molecular weight excluding hydrogens is 719 g/mol. The zero-order valence-corrected chi connectivity index (χ0v) is 31.7. The number of hydrogen-bond donors (Lipinski definition) is 1. The summed E-state index contributed by atoms with van der Waals surface area (Å²) >= 11 is 12.9. The Kier molecular flexibility index (Phi) is 13.3. The highest BCUT2D eigenvalue weighted by Crippen LogP contribution is 2.35. The number of anilines is 1. The number of aromatic nitrogens is 2. The summed E-state index contributed by atoms with van der Waals surface area (Å²) in [6, 6.07) is 15.7. The Morgan fingerprint density at radius 2 is 1.47 bits per heavy atom. The van der Waals surface area contributed by atoms with Crippen LogP contribution in [0.15, 0.2) is 71.5 Å². The SMILES string of the molecule is CCCCCCCCCCCCOC(=O)c1cc(NC(=O)C(c2nc3ccccc3c(=O)n2-c2ccccc2)N2C(=O)OC(C)(C)C2=O)c(Cl)cc1Cl. The highest BCUT2D eigenvalue weighted by Gasteiger charge is 2.53. The molecule has 0 spiro atoms. The second-order valence-electron chi connectivity index (χ2n) is 13.5. The predicted molar refractivity (Wildman–Crippen MR) is 205 cm³/mol. The average molecular weight is 764 g/mol. The van der Waals surface area contributed by atoms with E-state index in [1.54, 1.807) is 54.6 Å². The molecule has 13 heteroatoms. The van der Waals surface area contributed by atoms with Crippen LogP contribution in [0.1, 0.15) is 107 Å². The maximum Gasteiger partial charge on any atom is 0.418 e. The second kappa shape index (κ2) is 17.9. The van der Waals surface area contributed by atoms with Crippen molar-refractivity contribution in [2.45, 2.75) is 96.6 Å². The van der Waals surface area contributed by atoms with Crippen LogP contribution < -0.4 is 10.9 Å². The molecule has 1 saturated heterocycles. The zero-order chi connectivity index (χ0) is 38.1. The van der Waals surface area contributed by atoms with Crippen LogP contribution in [-0.4, -0.2) is 50.5 Å². The molecule has 280 valence electrons. The first-order chi connectivity index (χ1) is 25.4. The number of ether oxygens (including phenoxy) is 2. The summed E-state index contributed by atoms with van der Waals surface area (Å²) < 4.78 is 12.0. The number of benzene rings is 3. The maximum atomic E-state index is 14.5. The molecule has 1 atom stereocenters. The van der Waals surface area contributed by atoms with E-state index in [0.29, 0.717) is 17.0 Å². The van der Waals surface area contributed by atoms with E-state index in [-0.39, 0.29) is 44.6 Å². The molecule has 3 aromatic carbocycles. The largest absolute Gasteiger partial charge is 0.462 e. The van der Waals surface area contributed by atoms with Crippen molar-refractivity contribution in [3.05, 3.63) is 98.5 Å². The van der Waals surface area contributed by atoms with Crippen molar-refractivity contribution >= 4 is 63.7 Å². The van der Waals surface area contributed by atoms with Crippen LogP contribution in [0.5, 0.6) is 0 Å². The quantitative estimate of drug-likeness (QED) is 0.0831. The predicted octanol–water partition coefficient (Wildman–Crippen LogP) is 9.21. The number of amides is 3. The van der Waals surface area contributed by atoms with Crippen molar-refractivity contribution < 1.29 is 28.7 Å². The van der Waals surface area contributed by atoms with Gasteiger partial charge in [-0.15, -0.1) is 0 Å². The Morgan fingerprint density at radius 3 is 2.11 bits per heavy atom. The van der Waals surface area contributed by atoms with E-state index >= 15 is 0 Å². The van der Waals surface area contributed by atoms with Gasteiger partial charge in [0.15, 0.2) is 11.6 Å². The number of nitrogens with zero attached hydrogens (tertiary/aromatic N) is 3. The lowest BCUT2D eigenvalue weighted by Gasteiger charge is -2.26. The fourth-order valence-corrected chi connectivity index (χ4v) is 6.76. The molecule has 0 radical (unpaired) electrons. The molecule has 1 unspecified atom stereocenters. The molecule has 0 aliphatic carbocycles. The van der Waals surface area contributed by atoms with Crippen molar-refractivity contribution in [1.29, 1.82) is 0 Å². The number of halogens is 2. The Hall–Kier alpha value is -4.74. The Balaban J connectivity index is 1.41. The summed E-state index contributed by atoms with van der Waals surface area (Å²) in [5, 5.41) is 2.86. The van der Waals surface area contributed by atoms with Gasteiger partial charge in [-0.1, -0.05) is 118 Å². The summed E-state index contributed by atoms with van der Waals surface area (Å²) in [4.78, 5) is 74.0. The van der Waals surface area contributed by atoms with E-state index in [2.05, 4.69) is 17.2 Å². The molecule has 11 nitrogen and oxygen atoms in total. The molecule has 0 saturated carbocycles. The number of hydrogen-bond acceptors (Lipinski definition) is 8. The van der Waals surface area contributed by atoms with Gasteiger partial charge in [0.25, 0.3) is 17.4 Å². The molecule has 5 rings (SSSR count). The standard InChI is InChI=1S/C40H44Cl2N4O7/c1-4-5-6-7-8-9-10-11-12-18-23-52-37(49)28-24-32(30(42)25-29(28)41)44-35(47)33(46-38(50)40(2,3)53-39(46)51)34-43-31-22-17-16-21-27(31)36(48)45(34)26-19-14-13-15-20-26/h13-17,19-22,24-25,33H,4-12,18,23H2,1-3H3,(H,44,47). The molecule has 1 N–H and O–H groups in total. The molecule has 2 heterocycles. The van der Waals surface area contributed by atoms with E-state index in [9.17, 15) is 24.0 Å². The van der Waals surface area contributed by atoms with Gasteiger partial charge in [0.2, 0.25) is 0 Å². The van der Waals surface area contributed by atoms with Crippen LogP contribution >= 0.6 is 23.2 Å². The molecule has 4 aromatic rings. The number of fused-ring (bicyclic) bond motifs is 1. The Bertz CT molecular complexity index is 2030. The maximum absolute atomic E-state index is 14.5. The van der Waals surface area contributed by atoms with Gasteiger partial charge in [-0.05, 0) is 56.7 Å². The zero-order valence-electron chi connectivity index (χ0n) is 30.2. The molecule has 1 aliphatic heterocycles. The van der Waals surface area contributed by atoms with E-state index in [1.165, 1.54) is 69.1 Å². The van der Waals surface area contributed by atoms with E-state index in [4.69, 9.17) is 32.7 Å². The number of carbonyl (C=O) groups is 4. The summed E-state index contributed by atoms with van der Waals surface area (Å²) in [5.41, 5.74) is -1.68. The minimum atomic E-state index is -1.83. The number of cyclic esters (lactones) is 1. The lowest BCUT2D eigenvalue weighted by molar-refractivity contribution is -0.139. The van der Waals surface area contributed by atoms with Gasteiger partial charge in [0, 0.05) is 0 Å². The third-order valence-corrected chi connectivity index (χ3v) is 9.73. The summed E-state index contributed by atoms with van der Waals surface area (Å²) in [7, 11) is 0. The number of para-hydroxylation sites is 2. The monoisotopic (exact) mass is 762 g/mol. The number of esters is 1. The third kappa shape index (κ3) is 9.26. The van der Waals surface area contributed by atoms with Gasteiger partial charge in [-0.2, -0.15) is 0 Å². The molecule has 1 aliphatic rings. The first-order valence-electron chi connectivity index (χ1n) is 18.1. The van der Waals surface area contributed by atoms with Crippen LogP contribution in [0.25, 0.3) is 16.6 Å². The number of nitrogens with one attached hydrogen (secondary N) is 1. The number of carbonyl (C=O) groups excluding carboxylic acids is 4. The van der Waals surface area contributed by atoms with Crippen LogP contribution in [0.2, 0.25) is 10.0 Å². The van der Waals surface area contributed by atoms with E-state index in [0.717, 1.165) is 19.3 Å². The van der Waals surface area contributed by atoms with Crippen LogP contribution in [0.4, 0.5) is 10.5 Å². The second-order valence-corrected chi connectivity index (χ2v) is 14.4. The topological polar surface area (TPSA) is 137 Å². The fraction of sp³-hybridized carbons (Fsp3) is 0.400. The summed E-state index contributed by atoms with van der Waals surface area (Å²) in [5.74, 6) is -2.73. The Morgan fingerprint density at radius 1 is 0.849 bits per heavy atom. The first-order valence-corrected chi connectivity index (χ1v) is 18.8. The summed E-state index contributed by atoms with van der Waals surface area (Å²) in [6.07, 6.45) is 10.2. The first kappa shape index (κ1) is 39.5. The number of rotatable bonds is 17. The number of imide groups is 1. The normalized spacial score (nSPS) is 14.3. The minimum Gasteiger partial charge on any atom is -0.462 e. The van der Waals surface area contributed by atoms with E-state index < -0.39 is 41.1 Å². The average Bonchev–Trinajstić information content (AvgIpc) is 3.33. The lowest BCUT2D eigenvalue weighted by Crippen LogP contribution is -2.45. The highest BCUT2D eigenvalue weighted by atomic mass is 35.5. The molecule has 1 aromatic heterocycles. The van der Waals surface area contributed by atoms with Gasteiger partial charge < -0.3 is 14.8 Å². The Labute approximate surface area is 318 Å². The molecule has 0 bridgehead atoms. The fourth-order valence-electron chi connectivity index (χ4n) is 6.25. The van der Waals surface area contributed by atoms with Crippen molar-refractivity contribution in [1.82, 2.24) is 14.5 Å². The third-order valence-electron chi connectivity index (χ3n) is 9.11. The molecular formula is C40H44Cl2N4O7. The summed E-state index contributed by atoms with van der Waals surface area (Å²) in [6.45, 7) is 5.18. The van der Waals surface area contributed by atoms with Crippen molar-refractivity contribution in [2.75, 3.05) is 11.9 Å². The van der Waals surface area contributed by atoms with Gasteiger partial charge in [0.05, 0.1) is 44.5 Å². The molecule has 3 amide bonds. The van der Waals surface area contributed by atoms with Gasteiger partial charge in [-0.25, -0.2) is 19.5 Å². The smallest absolute Gasteiger partial charge is 0.418 e. The van der Waals surface area contributed by atoms with Crippen LogP contribution in [-0.2, 0) is 19.1 Å². The molecule has 1 fully saturated rings.